The van der Waals surface area contributed by atoms with Crippen LogP contribution in [0.4, 0.5) is 0 Å². The van der Waals surface area contributed by atoms with Crippen molar-refractivity contribution in [2.75, 3.05) is 19.6 Å². The van der Waals surface area contributed by atoms with E-state index in [9.17, 15) is 9.59 Å². The highest BCUT2D eigenvalue weighted by Gasteiger charge is 2.22. The normalized spacial score (nSPS) is 15.6. The van der Waals surface area contributed by atoms with Crippen LogP contribution in [-0.4, -0.2) is 47.5 Å². The molecular formula is C19H24N4O3S. The van der Waals surface area contributed by atoms with Gasteiger partial charge in [-0.25, -0.2) is 0 Å². The molecule has 1 aromatic carbocycles. The number of rotatable bonds is 7. The monoisotopic (exact) mass is 388 g/mol. The van der Waals surface area contributed by atoms with Crippen LogP contribution >= 0.6 is 11.8 Å². The fraction of sp³-hybridized carbons (Fsp3) is 0.421. The number of nitrogens with two attached hydrogens (primary N) is 1. The number of thioether (sulfide) groups is 1. The maximum atomic E-state index is 12.8. The highest BCUT2D eigenvalue weighted by atomic mass is 32.2. The van der Waals surface area contributed by atoms with Crippen molar-refractivity contribution in [1.82, 2.24) is 15.4 Å². The first kappa shape index (κ1) is 19.4. The number of piperidine rings is 1. The van der Waals surface area contributed by atoms with Crippen molar-refractivity contribution in [3.8, 4) is 0 Å². The smallest absolute Gasteiger partial charge is 0.252 e. The van der Waals surface area contributed by atoms with E-state index in [2.05, 4.69) is 10.5 Å². The number of hydrogen-bond acceptors (Lipinski definition) is 6. The third-order valence-electron chi connectivity index (χ3n) is 4.48. The van der Waals surface area contributed by atoms with Crippen LogP contribution in [0, 0.1) is 6.92 Å². The first-order chi connectivity index (χ1) is 13.0. The number of primary amides is 1. The van der Waals surface area contributed by atoms with E-state index in [1.807, 2.05) is 42.2 Å². The summed E-state index contributed by atoms with van der Waals surface area (Å²) >= 11 is 1.56. The zero-order valence-electron chi connectivity index (χ0n) is 15.3. The molecule has 2 heterocycles. The van der Waals surface area contributed by atoms with Gasteiger partial charge in [0.05, 0.1) is 23.6 Å². The second kappa shape index (κ2) is 9.05. The molecule has 3 N–H and O–H groups in total. The summed E-state index contributed by atoms with van der Waals surface area (Å²) in [5.74, 6) is 1.02. The zero-order chi connectivity index (χ0) is 19.2. The quantitative estimate of drug-likeness (QED) is 0.703. The number of aryl methyl sites for hydroxylation is 1. The van der Waals surface area contributed by atoms with Gasteiger partial charge in [-0.3, -0.25) is 14.5 Å². The van der Waals surface area contributed by atoms with Gasteiger partial charge in [0.25, 0.3) is 5.91 Å². The van der Waals surface area contributed by atoms with E-state index in [1.165, 1.54) is 0 Å². The average Bonchev–Trinajstić information content (AvgIpc) is 3.07. The van der Waals surface area contributed by atoms with E-state index in [-0.39, 0.29) is 24.4 Å². The van der Waals surface area contributed by atoms with E-state index in [4.69, 9.17) is 10.3 Å². The predicted octanol–water partition coefficient (Wildman–Crippen LogP) is 1.95. The van der Waals surface area contributed by atoms with E-state index in [1.54, 1.807) is 11.8 Å². The Bertz CT molecular complexity index is 800. The Labute approximate surface area is 162 Å². The van der Waals surface area contributed by atoms with Crippen LogP contribution < -0.4 is 11.1 Å². The van der Waals surface area contributed by atoms with Crippen LogP contribution in [0.25, 0.3) is 0 Å². The number of likely N-dealkylation sites (tertiary alicyclic amines) is 1. The predicted molar refractivity (Wildman–Crippen MR) is 103 cm³/mol. The standard InChI is InChI=1S/C19H24N4O3S/c1-13-10-15(26-22-13)12-27-17-5-3-2-4-16(17)19(25)21-14-6-8-23(9-7-14)11-18(20)24/h2-5,10,14H,6-9,11-12H2,1H3,(H2,20,24)(H,21,25). The molecule has 1 fully saturated rings. The third kappa shape index (κ3) is 5.58. The van der Waals surface area contributed by atoms with Crippen LogP contribution in [0.2, 0.25) is 0 Å². The minimum absolute atomic E-state index is 0.0693. The molecule has 1 aliphatic rings. The molecule has 7 nitrogen and oxygen atoms in total. The summed E-state index contributed by atoms with van der Waals surface area (Å²) < 4.78 is 5.24. The van der Waals surface area contributed by atoms with Crippen LogP contribution in [0.3, 0.4) is 0 Å². The van der Waals surface area contributed by atoms with Gasteiger partial charge in [-0.1, -0.05) is 17.3 Å². The molecule has 0 radical (unpaired) electrons. The summed E-state index contributed by atoms with van der Waals surface area (Å²) in [5.41, 5.74) is 6.75. The molecule has 1 saturated heterocycles. The molecule has 27 heavy (non-hydrogen) atoms. The maximum Gasteiger partial charge on any atom is 0.252 e. The van der Waals surface area contributed by atoms with E-state index >= 15 is 0 Å². The fourth-order valence-corrected chi connectivity index (χ4v) is 4.06. The van der Waals surface area contributed by atoms with Crippen molar-refractivity contribution in [1.29, 1.82) is 0 Å². The Morgan fingerprint density at radius 2 is 2.07 bits per heavy atom. The molecule has 1 aromatic heterocycles. The van der Waals surface area contributed by atoms with Crippen LogP contribution in [0.15, 0.2) is 39.8 Å². The van der Waals surface area contributed by atoms with Crippen LogP contribution in [0.5, 0.6) is 0 Å². The number of aromatic nitrogens is 1. The Morgan fingerprint density at radius 3 is 2.74 bits per heavy atom. The number of nitrogens with zero attached hydrogens (tertiary/aromatic N) is 2. The lowest BCUT2D eigenvalue weighted by atomic mass is 10.0. The van der Waals surface area contributed by atoms with Crippen molar-refractivity contribution in [2.45, 2.75) is 36.5 Å². The van der Waals surface area contributed by atoms with Gasteiger partial charge < -0.3 is 15.6 Å². The van der Waals surface area contributed by atoms with Crippen molar-refractivity contribution < 1.29 is 14.1 Å². The Kier molecular flexibility index (Phi) is 6.52. The first-order valence-electron chi connectivity index (χ1n) is 8.97. The molecule has 3 rings (SSSR count). The van der Waals surface area contributed by atoms with Crippen molar-refractivity contribution in [3.05, 3.63) is 47.3 Å². The van der Waals surface area contributed by atoms with Gasteiger partial charge in [-0.05, 0) is 31.9 Å². The largest absolute Gasteiger partial charge is 0.369 e. The minimum atomic E-state index is -0.314. The number of benzene rings is 1. The number of amides is 2. The van der Waals surface area contributed by atoms with Crippen molar-refractivity contribution in [2.24, 2.45) is 5.73 Å². The van der Waals surface area contributed by atoms with Gasteiger partial charge >= 0.3 is 0 Å². The van der Waals surface area contributed by atoms with E-state index < -0.39 is 0 Å². The lowest BCUT2D eigenvalue weighted by Gasteiger charge is -2.31. The SMILES string of the molecule is Cc1cc(CSc2ccccc2C(=O)NC2CCN(CC(N)=O)CC2)on1. The molecule has 2 aromatic rings. The molecule has 0 bridgehead atoms. The third-order valence-corrected chi connectivity index (χ3v) is 5.58. The fourth-order valence-electron chi connectivity index (χ4n) is 3.13. The van der Waals surface area contributed by atoms with Crippen LogP contribution in [0.1, 0.15) is 34.7 Å². The molecule has 0 aliphatic carbocycles. The van der Waals surface area contributed by atoms with E-state index in [0.29, 0.717) is 11.3 Å². The summed E-state index contributed by atoms with van der Waals surface area (Å²) in [5, 5.41) is 7.01. The molecule has 0 atom stereocenters. The maximum absolute atomic E-state index is 12.8. The summed E-state index contributed by atoms with van der Waals surface area (Å²) in [4.78, 5) is 26.7. The van der Waals surface area contributed by atoms with Gasteiger partial charge in [0.2, 0.25) is 5.91 Å². The second-order valence-corrected chi connectivity index (χ2v) is 7.73. The van der Waals surface area contributed by atoms with Gasteiger partial charge in [0.1, 0.15) is 5.76 Å². The molecule has 0 spiro atoms. The molecular weight excluding hydrogens is 364 g/mol. The Balaban J connectivity index is 1.56. The number of carbonyl (C=O) groups is 2. The molecule has 0 unspecified atom stereocenters. The van der Waals surface area contributed by atoms with Crippen molar-refractivity contribution in [3.63, 3.8) is 0 Å². The molecule has 8 heteroatoms. The minimum Gasteiger partial charge on any atom is -0.369 e. The summed E-state index contributed by atoms with van der Waals surface area (Å²) in [6.07, 6.45) is 1.62. The molecule has 1 aliphatic heterocycles. The van der Waals surface area contributed by atoms with Gasteiger partial charge in [0, 0.05) is 30.1 Å². The number of carbonyl (C=O) groups excluding carboxylic acids is 2. The number of nitrogens with one attached hydrogen (secondary N) is 1. The lowest BCUT2D eigenvalue weighted by molar-refractivity contribution is -0.119. The molecule has 0 saturated carbocycles. The summed E-state index contributed by atoms with van der Waals surface area (Å²) in [6.45, 7) is 3.68. The number of hydrogen-bond donors (Lipinski definition) is 2. The van der Waals surface area contributed by atoms with Gasteiger partial charge in [-0.15, -0.1) is 11.8 Å². The average molecular weight is 388 g/mol. The summed E-state index contributed by atoms with van der Waals surface area (Å²) in [6, 6.07) is 9.58. The van der Waals surface area contributed by atoms with Gasteiger partial charge in [-0.2, -0.15) is 0 Å². The zero-order valence-corrected chi connectivity index (χ0v) is 16.1. The second-order valence-electron chi connectivity index (χ2n) is 6.71. The van der Waals surface area contributed by atoms with Crippen molar-refractivity contribution >= 4 is 23.6 Å². The highest BCUT2D eigenvalue weighted by molar-refractivity contribution is 7.98. The first-order valence-corrected chi connectivity index (χ1v) is 9.95. The summed E-state index contributed by atoms with van der Waals surface area (Å²) in [7, 11) is 0. The molecule has 2 amide bonds. The van der Waals surface area contributed by atoms with Gasteiger partial charge in [0.15, 0.2) is 0 Å². The van der Waals surface area contributed by atoms with E-state index in [0.717, 1.165) is 42.3 Å². The van der Waals surface area contributed by atoms with Crippen LogP contribution in [-0.2, 0) is 10.5 Å². The Hall–Kier alpha value is -2.32. The Morgan fingerprint density at radius 1 is 1.33 bits per heavy atom. The lowest BCUT2D eigenvalue weighted by Crippen LogP contribution is -2.46. The molecule has 144 valence electrons. The highest BCUT2D eigenvalue weighted by Crippen LogP contribution is 2.27. The topological polar surface area (TPSA) is 101 Å².